The van der Waals surface area contributed by atoms with Gasteiger partial charge in [-0.3, -0.25) is 4.79 Å². The summed E-state index contributed by atoms with van der Waals surface area (Å²) in [4.78, 5) is 17.9. The fraction of sp³-hybridized carbons (Fsp3) is 0.250. The first kappa shape index (κ1) is 14.8. The number of hydrogen-bond donors (Lipinski definition) is 1. The van der Waals surface area contributed by atoms with Crippen LogP contribution in [0, 0.1) is 0 Å². The summed E-state index contributed by atoms with van der Waals surface area (Å²) < 4.78 is 6.71. The number of anilines is 1. The van der Waals surface area contributed by atoms with Gasteiger partial charge in [0.1, 0.15) is 6.10 Å². The molecule has 0 saturated carbocycles. The van der Waals surface area contributed by atoms with Crippen LogP contribution in [-0.2, 0) is 0 Å². The minimum atomic E-state index is -0.426. The first-order chi connectivity index (χ1) is 10.6. The molecule has 5 nitrogen and oxygen atoms in total. The van der Waals surface area contributed by atoms with Gasteiger partial charge >= 0.3 is 0 Å². The van der Waals surface area contributed by atoms with Crippen LogP contribution in [0.1, 0.15) is 16.8 Å². The lowest BCUT2D eigenvalue weighted by atomic mass is 10.1. The number of aromatic nitrogens is 1. The Morgan fingerprint density at radius 2 is 2.23 bits per heavy atom. The summed E-state index contributed by atoms with van der Waals surface area (Å²) in [6, 6.07) is 11.2. The predicted octanol–water partition coefficient (Wildman–Crippen LogP) is 2.60. The van der Waals surface area contributed by atoms with Crippen LogP contribution in [0.4, 0.5) is 5.69 Å². The van der Waals surface area contributed by atoms with Crippen molar-refractivity contribution in [2.24, 2.45) is 5.73 Å². The zero-order valence-corrected chi connectivity index (χ0v) is 13.5. The maximum atomic E-state index is 11.6. The molecule has 114 valence electrons. The molecule has 2 heterocycles. The highest BCUT2D eigenvalue weighted by atomic mass is 79.9. The Hall–Kier alpha value is -2.08. The summed E-state index contributed by atoms with van der Waals surface area (Å²) >= 11 is 3.37. The number of pyridine rings is 1. The number of nitrogens with zero attached hydrogens (tertiary/aromatic N) is 2. The SMILES string of the molecule is NC(=O)c1cc(Br)ccc1N1CC[C@H](Oc2ccccn2)C1. The van der Waals surface area contributed by atoms with E-state index < -0.39 is 5.91 Å². The summed E-state index contributed by atoms with van der Waals surface area (Å²) in [5.41, 5.74) is 6.85. The van der Waals surface area contributed by atoms with E-state index in [2.05, 4.69) is 25.8 Å². The van der Waals surface area contributed by atoms with Crippen LogP contribution in [0.2, 0.25) is 0 Å². The molecule has 3 rings (SSSR count). The number of primary amides is 1. The molecular weight excluding hydrogens is 346 g/mol. The van der Waals surface area contributed by atoms with Crippen LogP contribution in [0.15, 0.2) is 47.1 Å². The van der Waals surface area contributed by atoms with Gasteiger partial charge in [-0.05, 0) is 24.3 Å². The Bertz CT molecular complexity index is 678. The van der Waals surface area contributed by atoms with E-state index in [-0.39, 0.29) is 6.10 Å². The van der Waals surface area contributed by atoms with E-state index in [1.807, 2.05) is 30.3 Å². The second-order valence-corrected chi connectivity index (χ2v) is 6.08. The monoisotopic (exact) mass is 361 g/mol. The molecule has 0 unspecified atom stereocenters. The molecular formula is C16H16BrN3O2. The van der Waals surface area contributed by atoms with Crippen molar-refractivity contribution in [1.29, 1.82) is 0 Å². The van der Waals surface area contributed by atoms with Gasteiger partial charge in [-0.1, -0.05) is 22.0 Å². The normalized spacial score (nSPS) is 17.5. The van der Waals surface area contributed by atoms with Crippen molar-refractivity contribution < 1.29 is 9.53 Å². The molecule has 1 aliphatic heterocycles. The quantitative estimate of drug-likeness (QED) is 0.908. The summed E-state index contributed by atoms with van der Waals surface area (Å²) in [6.07, 6.45) is 2.64. The van der Waals surface area contributed by atoms with Gasteiger partial charge in [-0.2, -0.15) is 0 Å². The van der Waals surface area contributed by atoms with Crippen molar-refractivity contribution in [3.8, 4) is 5.88 Å². The highest BCUT2D eigenvalue weighted by Gasteiger charge is 2.27. The minimum Gasteiger partial charge on any atom is -0.472 e. The minimum absolute atomic E-state index is 0.0549. The Labute approximate surface area is 137 Å². The van der Waals surface area contributed by atoms with Crippen molar-refractivity contribution in [3.05, 3.63) is 52.6 Å². The predicted molar refractivity (Wildman–Crippen MR) is 88.1 cm³/mol. The van der Waals surface area contributed by atoms with Gasteiger partial charge in [0.2, 0.25) is 5.88 Å². The maximum Gasteiger partial charge on any atom is 0.250 e. The van der Waals surface area contributed by atoms with Gasteiger partial charge in [0.15, 0.2) is 0 Å². The molecule has 1 aromatic carbocycles. The van der Waals surface area contributed by atoms with Crippen molar-refractivity contribution in [1.82, 2.24) is 4.98 Å². The van der Waals surface area contributed by atoms with Crippen LogP contribution in [0.5, 0.6) is 5.88 Å². The van der Waals surface area contributed by atoms with Crippen molar-refractivity contribution >= 4 is 27.5 Å². The van der Waals surface area contributed by atoms with Crippen LogP contribution in [0.25, 0.3) is 0 Å². The van der Waals surface area contributed by atoms with E-state index in [0.29, 0.717) is 18.0 Å². The topological polar surface area (TPSA) is 68.5 Å². The Morgan fingerprint density at radius 1 is 1.36 bits per heavy atom. The van der Waals surface area contributed by atoms with Crippen LogP contribution in [-0.4, -0.2) is 30.1 Å². The first-order valence-corrected chi connectivity index (χ1v) is 7.85. The van der Waals surface area contributed by atoms with E-state index >= 15 is 0 Å². The van der Waals surface area contributed by atoms with Gasteiger partial charge in [0.25, 0.3) is 5.91 Å². The fourth-order valence-electron chi connectivity index (χ4n) is 2.61. The van der Waals surface area contributed by atoms with E-state index in [4.69, 9.17) is 10.5 Å². The standard InChI is InChI=1S/C16H16BrN3O2/c17-11-4-5-14(13(9-11)16(18)21)20-8-6-12(10-20)22-15-3-1-2-7-19-15/h1-5,7,9,12H,6,8,10H2,(H2,18,21)/t12-/m0/s1. The van der Waals surface area contributed by atoms with E-state index in [1.165, 1.54) is 0 Å². The fourth-order valence-corrected chi connectivity index (χ4v) is 2.97. The molecule has 1 aromatic heterocycles. The molecule has 0 spiro atoms. The zero-order chi connectivity index (χ0) is 15.5. The molecule has 22 heavy (non-hydrogen) atoms. The number of amides is 1. The molecule has 6 heteroatoms. The molecule has 1 aliphatic rings. The summed E-state index contributed by atoms with van der Waals surface area (Å²) in [7, 11) is 0. The number of carbonyl (C=O) groups excluding carboxylic acids is 1. The number of hydrogen-bond acceptors (Lipinski definition) is 4. The van der Waals surface area contributed by atoms with E-state index in [0.717, 1.165) is 23.1 Å². The summed E-state index contributed by atoms with van der Waals surface area (Å²) in [5.74, 6) is 0.200. The first-order valence-electron chi connectivity index (χ1n) is 7.05. The van der Waals surface area contributed by atoms with Crippen LogP contribution in [0.3, 0.4) is 0 Å². The molecule has 0 bridgehead atoms. The number of nitrogens with two attached hydrogens (primary N) is 1. The second kappa shape index (κ2) is 6.36. The molecule has 1 saturated heterocycles. The third kappa shape index (κ3) is 3.22. The lowest BCUT2D eigenvalue weighted by molar-refractivity contribution is 0.100. The van der Waals surface area contributed by atoms with Crippen molar-refractivity contribution in [2.45, 2.75) is 12.5 Å². The maximum absolute atomic E-state index is 11.6. The van der Waals surface area contributed by atoms with E-state index in [9.17, 15) is 4.79 Å². The molecule has 0 radical (unpaired) electrons. The van der Waals surface area contributed by atoms with Gasteiger partial charge in [-0.25, -0.2) is 4.98 Å². The zero-order valence-electron chi connectivity index (χ0n) is 11.9. The molecule has 0 aliphatic carbocycles. The van der Waals surface area contributed by atoms with Crippen LogP contribution >= 0.6 is 15.9 Å². The lowest BCUT2D eigenvalue weighted by Gasteiger charge is -2.21. The van der Waals surface area contributed by atoms with Gasteiger partial charge in [-0.15, -0.1) is 0 Å². The van der Waals surface area contributed by atoms with E-state index in [1.54, 1.807) is 12.3 Å². The van der Waals surface area contributed by atoms with Crippen LogP contribution < -0.4 is 15.4 Å². The summed E-state index contributed by atoms with van der Waals surface area (Å²) in [6.45, 7) is 1.53. The number of ether oxygens (including phenoxy) is 1. The average molecular weight is 362 g/mol. The molecule has 1 amide bonds. The average Bonchev–Trinajstić information content (AvgIpc) is 2.96. The largest absolute Gasteiger partial charge is 0.472 e. The molecule has 2 aromatic rings. The third-order valence-corrected chi connectivity index (χ3v) is 4.13. The Balaban J connectivity index is 1.74. The smallest absolute Gasteiger partial charge is 0.250 e. The Morgan fingerprint density at radius 3 is 2.95 bits per heavy atom. The third-order valence-electron chi connectivity index (χ3n) is 3.63. The highest BCUT2D eigenvalue weighted by molar-refractivity contribution is 9.10. The van der Waals surface area contributed by atoms with Crippen molar-refractivity contribution in [2.75, 3.05) is 18.0 Å². The number of benzene rings is 1. The second-order valence-electron chi connectivity index (χ2n) is 5.17. The number of rotatable bonds is 4. The molecule has 1 fully saturated rings. The Kier molecular flexibility index (Phi) is 4.29. The molecule has 2 N–H and O–H groups in total. The highest BCUT2D eigenvalue weighted by Crippen LogP contribution is 2.28. The lowest BCUT2D eigenvalue weighted by Crippen LogP contribution is -2.27. The number of carbonyl (C=O) groups is 1. The molecule has 1 atom stereocenters. The van der Waals surface area contributed by atoms with Gasteiger partial charge < -0.3 is 15.4 Å². The van der Waals surface area contributed by atoms with Gasteiger partial charge in [0.05, 0.1) is 12.1 Å². The number of halogens is 1. The summed E-state index contributed by atoms with van der Waals surface area (Å²) in [5, 5.41) is 0. The van der Waals surface area contributed by atoms with Crippen molar-refractivity contribution in [3.63, 3.8) is 0 Å². The van der Waals surface area contributed by atoms with Gasteiger partial charge in [0, 0.05) is 35.4 Å².